The number of nitrogens with zero attached hydrogens (tertiary/aromatic N) is 2. The molecule has 1 fully saturated rings. The average Bonchev–Trinajstić information content (AvgIpc) is 3.09. The number of aromatic amines is 2. The van der Waals surface area contributed by atoms with Crippen LogP contribution in [0.5, 0.6) is 0 Å². The largest absolute Gasteiger partial charge is 1.00 e. The van der Waals surface area contributed by atoms with Gasteiger partial charge in [0.15, 0.2) is 0 Å². The molecule has 1 saturated heterocycles. The minimum Gasteiger partial charge on any atom is -1.00 e. The molecule has 0 atom stereocenters. The van der Waals surface area contributed by atoms with Crippen LogP contribution < -0.4 is 51.4 Å². The topological polar surface area (TPSA) is 66.6 Å². The zero-order chi connectivity index (χ0) is 10.6. The third kappa shape index (κ3) is 10.5. The van der Waals surface area contributed by atoms with Crippen LogP contribution in [-0.2, 0) is 4.74 Å². The van der Waals surface area contributed by atoms with Crippen molar-refractivity contribution in [3.63, 3.8) is 0 Å². The minimum absolute atomic E-state index is 0. The van der Waals surface area contributed by atoms with Gasteiger partial charge in [-0.05, 0) is 25.0 Å². The summed E-state index contributed by atoms with van der Waals surface area (Å²) in [5, 5.41) is 12.4. The molecule has 0 amide bonds. The second-order valence-corrected chi connectivity index (χ2v) is 2.85. The van der Waals surface area contributed by atoms with Gasteiger partial charge in [0.2, 0.25) is 0 Å². The smallest absolute Gasteiger partial charge is 1.00 e. The summed E-state index contributed by atoms with van der Waals surface area (Å²) in [6.07, 6.45) is 9.47. The molecule has 0 radical (unpaired) electrons. The molecule has 3 heterocycles. The van der Waals surface area contributed by atoms with E-state index in [1.165, 1.54) is 12.8 Å². The maximum atomic E-state index is 4.94. The summed E-state index contributed by atoms with van der Waals surface area (Å²) in [6, 6.07) is 3.67. The van der Waals surface area contributed by atoms with Gasteiger partial charge in [-0.2, -0.15) is 10.2 Å². The van der Waals surface area contributed by atoms with E-state index >= 15 is 0 Å². The van der Waals surface area contributed by atoms with Crippen LogP contribution >= 0.6 is 0 Å². The van der Waals surface area contributed by atoms with Crippen LogP contribution in [0.3, 0.4) is 0 Å². The number of ether oxygens (including phenoxy) is 1. The second-order valence-electron chi connectivity index (χ2n) is 2.85. The first-order valence-corrected chi connectivity index (χ1v) is 4.95. The van der Waals surface area contributed by atoms with Crippen LogP contribution in [0.4, 0.5) is 0 Å². The molecule has 0 unspecified atom stereocenters. The average molecular weight is 248 g/mol. The Balaban J connectivity index is 0. The molecule has 0 spiro atoms. The van der Waals surface area contributed by atoms with E-state index in [2.05, 4.69) is 20.4 Å². The van der Waals surface area contributed by atoms with Crippen LogP contribution in [0.2, 0.25) is 0 Å². The fourth-order valence-electron chi connectivity index (χ4n) is 0.941. The summed E-state index contributed by atoms with van der Waals surface area (Å²) >= 11 is 0. The van der Waals surface area contributed by atoms with E-state index in [9.17, 15) is 0 Å². The summed E-state index contributed by atoms with van der Waals surface area (Å²) in [7, 11) is 0. The molecule has 1 aliphatic rings. The SMILES string of the molecule is C1CCOC1.[H-].[K+].c1cn[nH]c1.c1cn[nH]c1. The number of nitrogens with one attached hydrogen (secondary N) is 2. The molecule has 1 aliphatic heterocycles. The molecule has 0 saturated carbocycles. The van der Waals surface area contributed by atoms with E-state index in [-0.39, 0.29) is 52.8 Å². The van der Waals surface area contributed by atoms with Crippen LogP contribution in [0.25, 0.3) is 0 Å². The molecule has 0 aromatic carbocycles. The monoisotopic (exact) mass is 248 g/mol. The Hall–Kier alpha value is 0.0164. The first-order chi connectivity index (χ1) is 7.50. The van der Waals surface area contributed by atoms with Crippen LogP contribution in [0.15, 0.2) is 36.9 Å². The van der Waals surface area contributed by atoms with E-state index in [0.717, 1.165) is 13.2 Å². The van der Waals surface area contributed by atoms with Gasteiger partial charge >= 0.3 is 51.4 Å². The van der Waals surface area contributed by atoms with Crippen molar-refractivity contribution in [2.75, 3.05) is 13.2 Å². The molecule has 2 N–H and O–H groups in total. The van der Waals surface area contributed by atoms with Gasteiger partial charge in [-0.25, -0.2) is 0 Å². The maximum Gasteiger partial charge on any atom is 1.00 e. The zero-order valence-corrected chi connectivity index (χ0v) is 12.7. The molecule has 5 nitrogen and oxygen atoms in total. The summed E-state index contributed by atoms with van der Waals surface area (Å²) in [4.78, 5) is 0. The molecule has 3 rings (SSSR count). The summed E-state index contributed by atoms with van der Waals surface area (Å²) in [6.45, 7) is 2.00. The van der Waals surface area contributed by atoms with E-state index in [0.29, 0.717) is 0 Å². The maximum absolute atomic E-state index is 4.94. The predicted molar refractivity (Wildman–Crippen MR) is 58.3 cm³/mol. The summed E-state index contributed by atoms with van der Waals surface area (Å²) < 4.78 is 4.94. The Labute approximate surface area is 139 Å². The molecule has 0 aliphatic carbocycles. The molecule has 16 heavy (non-hydrogen) atoms. The van der Waals surface area contributed by atoms with Crippen LogP contribution in [0.1, 0.15) is 14.3 Å². The fourth-order valence-corrected chi connectivity index (χ4v) is 0.941. The van der Waals surface area contributed by atoms with Gasteiger partial charge in [0, 0.05) is 38.0 Å². The Bertz CT molecular complexity index is 219. The molecule has 2 aromatic rings. The van der Waals surface area contributed by atoms with E-state index in [1.54, 1.807) is 24.8 Å². The van der Waals surface area contributed by atoms with Crippen molar-refractivity contribution in [2.45, 2.75) is 12.8 Å². The van der Waals surface area contributed by atoms with Crippen LogP contribution in [0, 0.1) is 0 Å². The molecule has 2 aromatic heterocycles. The standard InChI is InChI=1S/C4H8O.2C3H4N2.K.H/c3*1-2-4-5-3-1;;/h1-4H2;2*1-3H,(H,4,5);;/q;;;+1;-1. The number of rotatable bonds is 0. The van der Waals surface area contributed by atoms with Crippen molar-refractivity contribution in [1.82, 2.24) is 20.4 Å². The van der Waals surface area contributed by atoms with Crippen LogP contribution in [-0.4, -0.2) is 33.6 Å². The quantitative estimate of drug-likeness (QED) is 0.572. The molecular weight excluding hydrogens is 231 g/mol. The molecule has 0 bridgehead atoms. The zero-order valence-electron chi connectivity index (χ0n) is 10.6. The van der Waals surface area contributed by atoms with Gasteiger partial charge in [0.05, 0.1) is 0 Å². The van der Waals surface area contributed by atoms with Crippen molar-refractivity contribution in [3.05, 3.63) is 36.9 Å². The van der Waals surface area contributed by atoms with E-state index < -0.39 is 0 Å². The Kier molecular flexibility index (Phi) is 13.1. The first kappa shape index (κ1) is 16.0. The third-order valence-electron chi connectivity index (χ3n) is 1.64. The Morgan fingerprint density at radius 3 is 1.56 bits per heavy atom. The first-order valence-electron chi connectivity index (χ1n) is 4.95. The number of hydrogen-bond donors (Lipinski definition) is 2. The second kappa shape index (κ2) is 13.1. The number of aromatic nitrogens is 4. The van der Waals surface area contributed by atoms with Gasteiger partial charge in [-0.3, -0.25) is 10.2 Å². The van der Waals surface area contributed by atoms with Crippen molar-refractivity contribution < 1.29 is 57.5 Å². The normalized spacial score (nSPS) is 12.5. The van der Waals surface area contributed by atoms with Gasteiger partial charge in [-0.15, -0.1) is 0 Å². The summed E-state index contributed by atoms with van der Waals surface area (Å²) in [5.41, 5.74) is 0. The molecule has 84 valence electrons. The number of hydrogen-bond acceptors (Lipinski definition) is 3. The van der Waals surface area contributed by atoms with Gasteiger partial charge < -0.3 is 6.16 Å². The fraction of sp³-hybridized carbons (Fsp3) is 0.400. The van der Waals surface area contributed by atoms with E-state index in [4.69, 9.17) is 4.74 Å². The number of H-pyrrole nitrogens is 2. The minimum atomic E-state index is 0. The van der Waals surface area contributed by atoms with Crippen molar-refractivity contribution in [2.24, 2.45) is 0 Å². The summed E-state index contributed by atoms with van der Waals surface area (Å²) in [5.74, 6) is 0. The third-order valence-corrected chi connectivity index (χ3v) is 1.64. The predicted octanol–water partition coefficient (Wildman–Crippen LogP) is -1.27. The molecular formula is C10H17KN4O. The Morgan fingerprint density at radius 1 is 0.938 bits per heavy atom. The van der Waals surface area contributed by atoms with Crippen molar-refractivity contribution in [3.8, 4) is 0 Å². The van der Waals surface area contributed by atoms with Crippen molar-refractivity contribution >= 4 is 0 Å². The van der Waals surface area contributed by atoms with Crippen molar-refractivity contribution in [1.29, 1.82) is 0 Å². The molecule has 6 heteroatoms. The van der Waals surface area contributed by atoms with Gasteiger partial charge in [0.1, 0.15) is 0 Å². The van der Waals surface area contributed by atoms with Gasteiger partial charge in [0.25, 0.3) is 0 Å². The Morgan fingerprint density at radius 2 is 1.44 bits per heavy atom. The van der Waals surface area contributed by atoms with Gasteiger partial charge in [-0.1, -0.05) is 0 Å². The van der Waals surface area contributed by atoms with E-state index in [1.807, 2.05) is 12.1 Å².